The molecule has 0 spiro atoms. The zero-order chi connectivity index (χ0) is 22.2. The molecule has 2 N–H and O–H groups in total. The van der Waals surface area contributed by atoms with E-state index in [2.05, 4.69) is 0 Å². The second-order valence-electron chi connectivity index (χ2n) is 6.49. The first-order valence-electron chi connectivity index (χ1n) is 9.26. The van der Waals surface area contributed by atoms with Crippen LogP contribution in [-0.2, 0) is 23.9 Å². The van der Waals surface area contributed by atoms with Crippen LogP contribution in [0.3, 0.4) is 0 Å². The van der Waals surface area contributed by atoms with Gasteiger partial charge in [0, 0.05) is 10.0 Å². The van der Waals surface area contributed by atoms with Gasteiger partial charge in [0.1, 0.15) is 5.82 Å². The van der Waals surface area contributed by atoms with Gasteiger partial charge in [0.05, 0.1) is 40.6 Å². The molecule has 0 aromatic heterocycles. The van der Waals surface area contributed by atoms with Gasteiger partial charge in [-0.1, -0.05) is 41.0 Å². The number of esters is 2. The van der Waals surface area contributed by atoms with Crippen LogP contribution in [0.15, 0.2) is 40.2 Å². The minimum Gasteiger partial charge on any atom is -0.463 e. The molecule has 0 radical (unpaired) electrons. The third-order valence-corrected chi connectivity index (χ3v) is 6.39. The number of rotatable bonds is 5. The van der Waals surface area contributed by atoms with E-state index in [1.807, 2.05) is 0 Å². The molecule has 2 aliphatic heterocycles. The van der Waals surface area contributed by atoms with Crippen molar-refractivity contribution in [3.63, 3.8) is 0 Å². The number of carbonyl (C=O) groups excluding carboxylic acids is 3. The molecule has 3 rings (SSSR count). The molecule has 0 saturated carbocycles. The summed E-state index contributed by atoms with van der Waals surface area (Å²) in [5.74, 6) is -2.82. The second-order valence-corrected chi connectivity index (χ2v) is 8.66. The minimum absolute atomic E-state index is 0.0454. The van der Waals surface area contributed by atoms with Crippen molar-refractivity contribution in [1.82, 2.24) is 4.90 Å². The molecule has 1 fully saturated rings. The fourth-order valence-electron chi connectivity index (χ4n) is 3.39. The van der Waals surface area contributed by atoms with Gasteiger partial charge >= 0.3 is 11.9 Å². The highest BCUT2D eigenvalue weighted by molar-refractivity contribution is 8.04. The SMILES string of the molecule is CCOC(=O)C1=C(N)N2C(=O)[C@H](C)SC2=C(C(=O)OCC)[C@H]1c1ccc(Cl)cc1Cl. The zero-order valence-corrected chi connectivity index (χ0v) is 18.9. The summed E-state index contributed by atoms with van der Waals surface area (Å²) in [6, 6.07) is 4.71. The summed E-state index contributed by atoms with van der Waals surface area (Å²) >= 11 is 13.7. The number of fused-ring (bicyclic) bond motifs is 1. The number of ether oxygens (including phenoxy) is 2. The maximum atomic E-state index is 13.0. The van der Waals surface area contributed by atoms with Crippen LogP contribution in [0.4, 0.5) is 0 Å². The lowest BCUT2D eigenvalue weighted by Crippen LogP contribution is -2.40. The molecule has 1 aromatic carbocycles. The Bertz CT molecular complexity index is 991. The lowest BCUT2D eigenvalue weighted by Gasteiger charge is -2.33. The highest BCUT2D eigenvalue weighted by atomic mass is 35.5. The smallest absolute Gasteiger partial charge is 0.338 e. The average Bonchev–Trinajstić information content (AvgIpc) is 2.96. The molecule has 160 valence electrons. The van der Waals surface area contributed by atoms with E-state index in [1.54, 1.807) is 32.9 Å². The first-order chi connectivity index (χ1) is 14.2. The summed E-state index contributed by atoms with van der Waals surface area (Å²) in [4.78, 5) is 39.9. The van der Waals surface area contributed by atoms with Crippen molar-refractivity contribution in [2.75, 3.05) is 13.2 Å². The normalized spacial score (nSPS) is 21.1. The first-order valence-corrected chi connectivity index (χ1v) is 10.9. The predicted molar refractivity (Wildman–Crippen MR) is 115 cm³/mol. The Morgan fingerprint density at radius 2 is 1.73 bits per heavy atom. The van der Waals surface area contributed by atoms with Crippen LogP contribution in [0.2, 0.25) is 10.0 Å². The highest BCUT2D eigenvalue weighted by Gasteiger charge is 2.49. The standard InChI is InChI=1S/C20H20Cl2N2O5S/c1-4-28-19(26)14-13(11-7-6-10(21)8-12(11)22)15(20(27)29-5-2)18-24(16(14)23)17(25)9(3)30-18/h6-9,13H,4-5,23H2,1-3H3/t9-,13-/m0/s1. The monoisotopic (exact) mass is 470 g/mol. The summed E-state index contributed by atoms with van der Waals surface area (Å²) in [6.07, 6.45) is 0. The number of hydrogen-bond acceptors (Lipinski definition) is 7. The van der Waals surface area contributed by atoms with Gasteiger partial charge in [0.15, 0.2) is 0 Å². The number of nitrogens with zero attached hydrogens (tertiary/aromatic N) is 1. The van der Waals surface area contributed by atoms with Crippen LogP contribution >= 0.6 is 35.0 Å². The number of nitrogens with two attached hydrogens (primary N) is 1. The summed E-state index contributed by atoms with van der Waals surface area (Å²) in [5, 5.41) is 0.457. The topological polar surface area (TPSA) is 98.9 Å². The molecular weight excluding hydrogens is 451 g/mol. The third kappa shape index (κ3) is 3.79. The van der Waals surface area contributed by atoms with Crippen molar-refractivity contribution in [1.29, 1.82) is 0 Å². The third-order valence-electron chi connectivity index (χ3n) is 4.65. The van der Waals surface area contributed by atoms with Crippen molar-refractivity contribution in [3.8, 4) is 0 Å². The Kier molecular flexibility index (Phi) is 6.69. The van der Waals surface area contributed by atoms with E-state index in [0.717, 1.165) is 0 Å². The van der Waals surface area contributed by atoms with Crippen molar-refractivity contribution < 1.29 is 23.9 Å². The highest BCUT2D eigenvalue weighted by Crippen LogP contribution is 2.50. The molecule has 30 heavy (non-hydrogen) atoms. The van der Waals surface area contributed by atoms with Gasteiger partial charge < -0.3 is 15.2 Å². The van der Waals surface area contributed by atoms with Crippen LogP contribution in [0.1, 0.15) is 32.3 Å². The maximum Gasteiger partial charge on any atom is 0.338 e. The Morgan fingerprint density at radius 3 is 2.30 bits per heavy atom. The molecule has 1 amide bonds. The largest absolute Gasteiger partial charge is 0.463 e. The minimum atomic E-state index is -0.982. The second kappa shape index (κ2) is 8.91. The number of benzene rings is 1. The number of amides is 1. The van der Waals surface area contributed by atoms with Gasteiger partial charge in [-0.15, -0.1) is 0 Å². The molecule has 0 unspecified atom stereocenters. The van der Waals surface area contributed by atoms with Crippen LogP contribution in [0.25, 0.3) is 0 Å². The molecule has 1 saturated heterocycles. The zero-order valence-electron chi connectivity index (χ0n) is 16.5. The maximum absolute atomic E-state index is 13.0. The molecule has 0 aliphatic carbocycles. The molecule has 2 atom stereocenters. The number of halogens is 2. The van der Waals surface area contributed by atoms with E-state index in [-0.39, 0.29) is 41.1 Å². The fourth-order valence-corrected chi connectivity index (χ4v) is 5.07. The lowest BCUT2D eigenvalue weighted by atomic mass is 9.82. The van der Waals surface area contributed by atoms with Gasteiger partial charge in [-0.25, -0.2) is 9.59 Å². The fraction of sp³-hybridized carbons (Fsp3) is 0.350. The molecule has 2 aliphatic rings. The molecule has 7 nitrogen and oxygen atoms in total. The van der Waals surface area contributed by atoms with E-state index < -0.39 is 23.1 Å². The first kappa shape index (κ1) is 22.5. The summed E-state index contributed by atoms with van der Waals surface area (Å²) in [7, 11) is 0. The Balaban J connectivity index is 2.33. The Morgan fingerprint density at radius 1 is 1.13 bits per heavy atom. The quantitative estimate of drug-likeness (QED) is 0.656. The van der Waals surface area contributed by atoms with Crippen molar-refractivity contribution in [2.24, 2.45) is 5.73 Å². The molecule has 0 bridgehead atoms. The molecule has 10 heteroatoms. The summed E-state index contributed by atoms with van der Waals surface area (Å²) in [6.45, 7) is 5.21. The van der Waals surface area contributed by atoms with E-state index in [9.17, 15) is 14.4 Å². The average molecular weight is 471 g/mol. The molecule has 1 aromatic rings. The molecule has 2 heterocycles. The number of carbonyl (C=O) groups is 3. The predicted octanol–water partition coefficient (Wildman–Crippen LogP) is 3.56. The Hall–Kier alpha value is -2.16. The van der Waals surface area contributed by atoms with E-state index in [0.29, 0.717) is 15.6 Å². The number of hydrogen-bond donors (Lipinski definition) is 1. The van der Waals surface area contributed by atoms with Crippen LogP contribution in [0, 0.1) is 0 Å². The van der Waals surface area contributed by atoms with Crippen LogP contribution in [-0.4, -0.2) is 41.2 Å². The summed E-state index contributed by atoms with van der Waals surface area (Å²) in [5.41, 5.74) is 6.80. The van der Waals surface area contributed by atoms with Crippen molar-refractivity contribution in [3.05, 3.63) is 55.8 Å². The molecular formula is C20H20Cl2N2O5S. The summed E-state index contributed by atoms with van der Waals surface area (Å²) < 4.78 is 10.5. The van der Waals surface area contributed by atoms with E-state index >= 15 is 0 Å². The Labute approximate surface area is 188 Å². The number of thioether (sulfide) groups is 1. The van der Waals surface area contributed by atoms with Gasteiger partial charge in [-0.05, 0) is 38.5 Å². The van der Waals surface area contributed by atoms with E-state index in [1.165, 1.54) is 22.7 Å². The van der Waals surface area contributed by atoms with Crippen LogP contribution in [0.5, 0.6) is 0 Å². The van der Waals surface area contributed by atoms with E-state index in [4.69, 9.17) is 38.4 Å². The van der Waals surface area contributed by atoms with Gasteiger partial charge in [-0.2, -0.15) is 0 Å². The van der Waals surface area contributed by atoms with Gasteiger partial charge in [0.25, 0.3) is 0 Å². The van der Waals surface area contributed by atoms with Gasteiger partial charge in [-0.3, -0.25) is 9.69 Å². The van der Waals surface area contributed by atoms with Crippen LogP contribution < -0.4 is 5.73 Å². The van der Waals surface area contributed by atoms with Crippen molar-refractivity contribution in [2.45, 2.75) is 31.9 Å². The van der Waals surface area contributed by atoms with Gasteiger partial charge in [0.2, 0.25) is 5.91 Å². The lowest BCUT2D eigenvalue weighted by molar-refractivity contribution is -0.139. The van der Waals surface area contributed by atoms with Crippen molar-refractivity contribution >= 4 is 52.8 Å².